The number of amides is 1. The van der Waals surface area contributed by atoms with Crippen molar-refractivity contribution in [1.82, 2.24) is 5.32 Å². The molecule has 3 nitrogen and oxygen atoms in total. The topological polar surface area (TPSA) is 38.3 Å². The van der Waals surface area contributed by atoms with Gasteiger partial charge in [-0.2, -0.15) is 0 Å². The summed E-state index contributed by atoms with van der Waals surface area (Å²) in [5.41, 5.74) is 4.37. The summed E-state index contributed by atoms with van der Waals surface area (Å²) in [5.74, 6) is 0.684. The molecule has 2 aromatic carbocycles. The first-order valence-corrected chi connectivity index (χ1v) is 7.53. The maximum absolute atomic E-state index is 12.2. The fraction of sp³-hybridized carbons (Fsp3) is 0.316. The predicted molar refractivity (Wildman–Crippen MR) is 89.0 cm³/mol. The summed E-state index contributed by atoms with van der Waals surface area (Å²) >= 11 is 0. The van der Waals surface area contributed by atoms with E-state index in [2.05, 4.69) is 5.32 Å². The molecule has 1 atom stereocenters. The van der Waals surface area contributed by atoms with Crippen molar-refractivity contribution in [2.45, 2.75) is 40.3 Å². The van der Waals surface area contributed by atoms with E-state index in [0.29, 0.717) is 6.54 Å². The Balaban J connectivity index is 1.93. The molecular formula is C19H23NO2. The zero-order chi connectivity index (χ0) is 16.1. The zero-order valence-corrected chi connectivity index (χ0v) is 13.6. The highest BCUT2D eigenvalue weighted by molar-refractivity contribution is 5.80. The predicted octanol–water partition coefficient (Wildman–Crippen LogP) is 3.70. The van der Waals surface area contributed by atoms with Gasteiger partial charge in [0.25, 0.3) is 5.91 Å². The first kappa shape index (κ1) is 16.1. The highest BCUT2D eigenvalue weighted by atomic mass is 16.5. The third-order valence-electron chi connectivity index (χ3n) is 3.66. The first-order chi connectivity index (χ1) is 10.5. The summed E-state index contributed by atoms with van der Waals surface area (Å²) in [4.78, 5) is 12.2. The van der Waals surface area contributed by atoms with E-state index in [9.17, 15) is 4.79 Å². The van der Waals surface area contributed by atoms with E-state index < -0.39 is 6.10 Å². The minimum absolute atomic E-state index is 0.108. The number of carbonyl (C=O) groups excluding carboxylic acids is 1. The molecule has 116 valence electrons. The molecular weight excluding hydrogens is 274 g/mol. The monoisotopic (exact) mass is 297 g/mol. The molecule has 0 bridgehead atoms. The number of carbonyl (C=O) groups is 1. The Hall–Kier alpha value is -2.29. The molecule has 0 spiro atoms. The van der Waals surface area contributed by atoms with Gasteiger partial charge >= 0.3 is 0 Å². The molecule has 0 aliphatic heterocycles. The Morgan fingerprint density at radius 1 is 1.05 bits per heavy atom. The molecule has 0 fully saturated rings. The minimum Gasteiger partial charge on any atom is -0.480 e. The molecule has 0 saturated carbocycles. The number of ether oxygens (including phenoxy) is 1. The van der Waals surface area contributed by atoms with Crippen LogP contribution >= 0.6 is 0 Å². The second-order valence-electron chi connectivity index (χ2n) is 5.68. The van der Waals surface area contributed by atoms with Crippen molar-refractivity contribution in [1.29, 1.82) is 0 Å². The second kappa shape index (κ2) is 7.12. The van der Waals surface area contributed by atoms with Crippen LogP contribution in [0.3, 0.4) is 0 Å². The van der Waals surface area contributed by atoms with Gasteiger partial charge < -0.3 is 10.1 Å². The Labute approximate surface area is 132 Å². The van der Waals surface area contributed by atoms with Gasteiger partial charge in [-0.25, -0.2) is 0 Å². The average molecular weight is 297 g/mol. The molecule has 0 saturated heterocycles. The van der Waals surface area contributed by atoms with Gasteiger partial charge in [-0.1, -0.05) is 48.0 Å². The number of para-hydroxylation sites is 1. The summed E-state index contributed by atoms with van der Waals surface area (Å²) in [6, 6.07) is 14.1. The lowest BCUT2D eigenvalue weighted by Gasteiger charge is -2.18. The summed E-state index contributed by atoms with van der Waals surface area (Å²) in [7, 11) is 0. The van der Waals surface area contributed by atoms with Crippen LogP contribution in [0.5, 0.6) is 5.75 Å². The first-order valence-electron chi connectivity index (χ1n) is 7.53. The maximum atomic E-state index is 12.2. The van der Waals surface area contributed by atoms with Crippen LogP contribution in [0.1, 0.15) is 29.2 Å². The van der Waals surface area contributed by atoms with Gasteiger partial charge in [0.15, 0.2) is 6.10 Å². The van der Waals surface area contributed by atoms with Crippen molar-refractivity contribution >= 4 is 5.91 Å². The van der Waals surface area contributed by atoms with Crippen LogP contribution in [0.2, 0.25) is 0 Å². The fourth-order valence-corrected chi connectivity index (χ4v) is 2.25. The van der Waals surface area contributed by atoms with E-state index in [1.807, 2.05) is 63.2 Å². The number of nitrogens with one attached hydrogen (secondary N) is 1. The summed E-state index contributed by atoms with van der Waals surface area (Å²) in [5, 5.41) is 2.91. The van der Waals surface area contributed by atoms with Gasteiger partial charge in [-0.3, -0.25) is 4.79 Å². The van der Waals surface area contributed by atoms with Crippen molar-refractivity contribution in [3.8, 4) is 5.75 Å². The highest BCUT2D eigenvalue weighted by Gasteiger charge is 2.16. The quantitative estimate of drug-likeness (QED) is 0.914. The second-order valence-corrected chi connectivity index (χ2v) is 5.68. The minimum atomic E-state index is -0.523. The van der Waals surface area contributed by atoms with Crippen molar-refractivity contribution in [3.05, 3.63) is 64.7 Å². The van der Waals surface area contributed by atoms with Gasteiger partial charge in [-0.05, 0) is 44.4 Å². The van der Waals surface area contributed by atoms with E-state index in [0.717, 1.165) is 22.4 Å². The van der Waals surface area contributed by atoms with Crippen LogP contribution in [0.15, 0.2) is 42.5 Å². The van der Waals surface area contributed by atoms with E-state index in [4.69, 9.17) is 4.74 Å². The average Bonchev–Trinajstić information content (AvgIpc) is 2.50. The lowest BCUT2D eigenvalue weighted by atomic mass is 10.1. The molecule has 0 aromatic heterocycles. The lowest BCUT2D eigenvalue weighted by molar-refractivity contribution is -0.127. The largest absolute Gasteiger partial charge is 0.480 e. The normalized spacial score (nSPS) is 11.8. The Bertz CT molecular complexity index is 627. The Morgan fingerprint density at radius 3 is 2.23 bits per heavy atom. The van der Waals surface area contributed by atoms with Gasteiger partial charge in [0.2, 0.25) is 0 Å². The fourth-order valence-electron chi connectivity index (χ4n) is 2.25. The SMILES string of the molecule is Cc1ccc(CNC(=O)C(C)Oc2c(C)cccc2C)cc1. The van der Waals surface area contributed by atoms with Crippen molar-refractivity contribution in [2.24, 2.45) is 0 Å². The van der Waals surface area contributed by atoms with Crippen LogP contribution in [0, 0.1) is 20.8 Å². The molecule has 0 aliphatic carbocycles. The smallest absolute Gasteiger partial charge is 0.261 e. The summed E-state index contributed by atoms with van der Waals surface area (Å²) < 4.78 is 5.83. The number of rotatable bonds is 5. The van der Waals surface area contributed by atoms with Crippen LogP contribution in [0.4, 0.5) is 0 Å². The van der Waals surface area contributed by atoms with Crippen LogP contribution in [0.25, 0.3) is 0 Å². The molecule has 1 amide bonds. The standard InChI is InChI=1S/C19H23NO2/c1-13-8-10-17(11-9-13)12-20-19(21)16(4)22-18-14(2)6-5-7-15(18)3/h5-11,16H,12H2,1-4H3,(H,20,21). The van der Waals surface area contributed by atoms with Crippen LogP contribution in [-0.4, -0.2) is 12.0 Å². The molecule has 22 heavy (non-hydrogen) atoms. The van der Waals surface area contributed by atoms with Gasteiger partial charge in [0, 0.05) is 6.54 Å². The lowest BCUT2D eigenvalue weighted by Crippen LogP contribution is -2.36. The molecule has 2 aromatic rings. The van der Waals surface area contributed by atoms with E-state index >= 15 is 0 Å². The molecule has 0 radical (unpaired) electrons. The van der Waals surface area contributed by atoms with Crippen molar-refractivity contribution in [3.63, 3.8) is 0 Å². The van der Waals surface area contributed by atoms with Gasteiger partial charge in [0.05, 0.1) is 0 Å². The zero-order valence-electron chi connectivity index (χ0n) is 13.6. The molecule has 1 unspecified atom stereocenters. The van der Waals surface area contributed by atoms with Crippen molar-refractivity contribution < 1.29 is 9.53 Å². The molecule has 1 N–H and O–H groups in total. The van der Waals surface area contributed by atoms with E-state index in [1.165, 1.54) is 5.56 Å². The van der Waals surface area contributed by atoms with Gasteiger partial charge in [-0.15, -0.1) is 0 Å². The molecule has 0 aliphatic rings. The van der Waals surface area contributed by atoms with E-state index in [1.54, 1.807) is 6.92 Å². The molecule has 3 heteroatoms. The summed E-state index contributed by atoms with van der Waals surface area (Å²) in [6.45, 7) is 8.30. The Kier molecular flexibility index (Phi) is 5.21. The number of hydrogen-bond donors (Lipinski definition) is 1. The van der Waals surface area contributed by atoms with Gasteiger partial charge in [0.1, 0.15) is 5.75 Å². The summed E-state index contributed by atoms with van der Waals surface area (Å²) in [6.07, 6.45) is -0.523. The Morgan fingerprint density at radius 2 is 1.64 bits per heavy atom. The molecule has 0 heterocycles. The third-order valence-corrected chi connectivity index (χ3v) is 3.66. The highest BCUT2D eigenvalue weighted by Crippen LogP contribution is 2.23. The van der Waals surface area contributed by atoms with E-state index in [-0.39, 0.29) is 5.91 Å². The van der Waals surface area contributed by atoms with Crippen molar-refractivity contribution in [2.75, 3.05) is 0 Å². The molecule has 2 rings (SSSR count). The number of hydrogen-bond acceptors (Lipinski definition) is 2. The third kappa shape index (κ3) is 4.10. The maximum Gasteiger partial charge on any atom is 0.261 e. The van der Waals surface area contributed by atoms with Crippen LogP contribution in [-0.2, 0) is 11.3 Å². The number of benzene rings is 2. The number of aryl methyl sites for hydroxylation is 3. The van der Waals surface area contributed by atoms with Crippen LogP contribution < -0.4 is 10.1 Å².